The fraction of sp³-hybridized carbons (Fsp3) is 0.429. The first kappa shape index (κ1) is 15.1. The van der Waals surface area contributed by atoms with Gasteiger partial charge in [0.05, 0.1) is 0 Å². The Morgan fingerprint density at radius 3 is 2.63 bits per heavy atom. The zero-order chi connectivity index (χ0) is 14.3. The molecule has 104 valence electrons. The average Bonchev–Trinajstić information content (AvgIpc) is 2.43. The van der Waals surface area contributed by atoms with Gasteiger partial charge >= 0.3 is 0 Å². The Balaban J connectivity index is 2.52. The summed E-state index contributed by atoms with van der Waals surface area (Å²) >= 11 is 0. The number of nitrogens with one attached hydrogen (secondary N) is 1. The summed E-state index contributed by atoms with van der Waals surface area (Å²) in [6.45, 7) is 3.72. The molecule has 0 aliphatic rings. The summed E-state index contributed by atoms with van der Waals surface area (Å²) in [5.74, 6) is -0.974. The van der Waals surface area contributed by atoms with E-state index in [1.54, 1.807) is 0 Å². The van der Waals surface area contributed by atoms with Gasteiger partial charge in [-0.2, -0.15) is 0 Å². The van der Waals surface area contributed by atoms with E-state index < -0.39 is 5.82 Å². The van der Waals surface area contributed by atoms with Crippen molar-refractivity contribution in [3.8, 4) is 5.75 Å². The van der Waals surface area contributed by atoms with E-state index in [4.69, 9.17) is 4.74 Å². The maximum Gasteiger partial charge on any atom is 0.258 e. The Labute approximate surface area is 112 Å². The molecule has 0 bridgehead atoms. The van der Waals surface area contributed by atoms with Crippen LogP contribution in [0, 0.1) is 5.82 Å². The van der Waals surface area contributed by atoms with Crippen molar-refractivity contribution in [3.05, 3.63) is 29.6 Å². The van der Waals surface area contributed by atoms with E-state index in [2.05, 4.69) is 5.32 Å². The number of aldehydes is 1. The molecule has 4 nitrogen and oxygen atoms in total. The van der Waals surface area contributed by atoms with Gasteiger partial charge < -0.3 is 10.1 Å². The first-order valence-electron chi connectivity index (χ1n) is 6.27. The van der Waals surface area contributed by atoms with Gasteiger partial charge in [-0.15, -0.1) is 0 Å². The lowest BCUT2D eigenvalue weighted by atomic mass is 10.2. The number of rotatable bonds is 7. The molecule has 0 aliphatic carbocycles. The first-order valence-corrected chi connectivity index (χ1v) is 6.27. The van der Waals surface area contributed by atoms with Crippen molar-refractivity contribution in [3.63, 3.8) is 0 Å². The van der Waals surface area contributed by atoms with Crippen LogP contribution >= 0.6 is 0 Å². The smallest absolute Gasteiger partial charge is 0.258 e. The Morgan fingerprint density at radius 1 is 1.42 bits per heavy atom. The zero-order valence-corrected chi connectivity index (χ0v) is 11.1. The number of hydrogen-bond acceptors (Lipinski definition) is 3. The molecular formula is C14H18FNO3. The second-order valence-electron chi connectivity index (χ2n) is 4.18. The van der Waals surface area contributed by atoms with Gasteiger partial charge in [0.15, 0.2) is 18.2 Å². The van der Waals surface area contributed by atoms with Crippen molar-refractivity contribution in [1.29, 1.82) is 0 Å². The van der Waals surface area contributed by atoms with Gasteiger partial charge in [0.1, 0.15) is 6.29 Å². The van der Waals surface area contributed by atoms with Gasteiger partial charge in [-0.25, -0.2) is 4.39 Å². The van der Waals surface area contributed by atoms with Crippen molar-refractivity contribution in [2.45, 2.75) is 32.7 Å². The van der Waals surface area contributed by atoms with Crippen LogP contribution in [0.1, 0.15) is 37.0 Å². The summed E-state index contributed by atoms with van der Waals surface area (Å²) in [5, 5.41) is 2.79. The highest BCUT2D eigenvalue weighted by molar-refractivity contribution is 5.78. The minimum absolute atomic E-state index is 0.0368. The molecule has 0 heterocycles. The molecule has 0 fully saturated rings. The number of carbonyl (C=O) groups excluding carboxylic acids is 2. The second-order valence-corrected chi connectivity index (χ2v) is 4.18. The van der Waals surface area contributed by atoms with Crippen LogP contribution in [0.15, 0.2) is 18.2 Å². The second kappa shape index (κ2) is 7.51. The number of halogens is 1. The van der Waals surface area contributed by atoms with Gasteiger partial charge in [0.2, 0.25) is 0 Å². The standard InChI is InChI=1S/C14H18FNO3/c1-3-11(4-2)16-14(18)9-19-13-6-5-10(8-17)7-12(13)15/h5-8,11H,3-4,9H2,1-2H3,(H,16,18). The Kier molecular flexibility index (Phi) is 5.99. The van der Waals surface area contributed by atoms with Gasteiger partial charge in [0.25, 0.3) is 5.91 Å². The SMILES string of the molecule is CCC(CC)NC(=O)COc1ccc(C=O)cc1F. The van der Waals surface area contributed by atoms with Crippen LogP contribution in [0.5, 0.6) is 5.75 Å². The van der Waals surface area contributed by atoms with Crippen molar-refractivity contribution in [1.82, 2.24) is 5.32 Å². The Hall–Kier alpha value is -1.91. The van der Waals surface area contributed by atoms with Crippen LogP contribution in [-0.2, 0) is 4.79 Å². The van der Waals surface area contributed by atoms with Crippen molar-refractivity contribution in [2.24, 2.45) is 0 Å². The molecule has 0 aliphatic heterocycles. The minimum Gasteiger partial charge on any atom is -0.481 e. The summed E-state index contributed by atoms with van der Waals surface area (Å²) in [4.78, 5) is 22.0. The van der Waals surface area contributed by atoms with Crippen molar-refractivity contribution >= 4 is 12.2 Å². The van der Waals surface area contributed by atoms with Gasteiger partial charge in [0, 0.05) is 11.6 Å². The van der Waals surface area contributed by atoms with E-state index in [-0.39, 0.29) is 29.9 Å². The summed E-state index contributed by atoms with van der Waals surface area (Å²) in [5.41, 5.74) is 0.228. The third-order valence-electron chi connectivity index (χ3n) is 2.80. The summed E-state index contributed by atoms with van der Waals surface area (Å²) in [6, 6.07) is 3.95. The van der Waals surface area contributed by atoms with E-state index in [9.17, 15) is 14.0 Å². The van der Waals surface area contributed by atoms with E-state index in [0.717, 1.165) is 18.9 Å². The molecule has 0 spiro atoms. The lowest BCUT2D eigenvalue weighted by Gasteiger charge is -2.15. The molecule has 1 aromatic carbocycles. The largest absolute Gasteiger partial charge is 0.481 e. The zero-order valence-electron chi connectivity index (χ0n) is 11.1. The van der Waals surface area contributed by atoms with Gasteiger partial charge in [-0.05, 0) is 31.0 Å². The van der Waals surface area contributed by atoms with E-state index in [1.807, 2.05) is 13.8 Å². The predicted molar refractivity (Wildman–Crippen MR) is 69.8 cm³/mol. The number of ether oxygens (including phenoxy) is 1. The van der Waals surface area contributed by atoms with E-state index in [1.165, 1.54) is 12.1 Å². The number of carbonyl (C=O) groups is 2. The number of hydrogen-bond donors (Lipinski definition) is 1. The number of benzene rings is 1. The van der Waals surface area contributed by atoms with Gasteiger partial charge in [-0.3, -0.25) is 9.59 Å². The third kappa shape index (κ3) is 4.69. The lowest BCUT2D eigenvalue weighted by Crippen LogP contribution is -2.37. The lowest BCUT2D eigenvalue weighted by molar-refractivity contribution is -0.123. The Morgan fingerprint density at radius 2 is 2.11 bits per heavy atom. The normalized spacial score (nSPS) is 10.3. The molecule has 0 saturated carbocycles. The molecule has 1 amide bonds. The highest BCUT2D eigenvalue weighted by Crippen LogP contribution is 2.17. The molecule has 1 rings (SSSR count). The number of amides is 1. The summed E-state index contributed by atoms with van der Waals surface area (Å²) in [6.07, 6.45) is 2.22. The topological polar surface area (TPSA) is 55.4 Å². The molecule has 0 saturated heterocycles. The van der Waals surface area contributed by atoms with Crippen LogP contribution in [0.2, 0.25) is 0 Å². The Bertz CT molecular complexity index is 444. The van der Waals surface area contributed by atoms with Gasteiger partial charge in [-0.1, -0.05) is 13.8 Å². The predicted octanol–water partition coefficient (Wildman–Crippen LogP) is 2.32. The van der Waals surface area contributed by atoms with E-state index >= 15 is 0 Å². The van der Waals surface area contributed by atoms with Crippen LogP contribution < -0.4 is 10.1 Å². The molecule has 19 heavy (non-hydrogen) atoms. The highest BCUT2D eigenvalue weighted by Gasteiger charge is 2.10. The molecule has 0 radical (unpaired) electrons. The highest BCUT2D eigenvalue weighted by atomic mass is 19.1. The summed E-state index contributed by atoms with van der Waals surface area (Å²) < 4.78 is 18.6. The van der Waals surface area contributed by atoms with Crippen molar-refractivity contribution < 1.29 is 18.7 Å². The molecule has 0 aromatic heterocycles. The fourth-order valence-electron chi connectivity index (χ4n) is 1.61. The molecule has 0 unspecified atom stereocenters. The first-order chi connectivity index (χ1) is 9.10. The van der Waals surface area contributed by atoms with Crippen molar-refractivity contribution in [2.75, 3.05) is 6.61 Å². The maximum atomic E-state index is 13.5. The minimum atomic E-state index is -0.653. The molecule has 5 heteroatoms. The summed E-state index contributed by atoms with van der Waals surface area (Å²) in [7, 11) is 0. The monoisotopic (exact) mass is 267 g/mol. The van der Waals surface area contributed by atoms with Crippen LogP contribution in [-0.4, -0.2) is 24.8 Å². The molecule has 1 N–H and O–H groups in total. The molecule has 0 atom stereocenters. The molecule has 1 aromatic rings. The van der Waals surface area contributed by atoms with Crippen LogP contribution in [0.4, 0.5) is 4.39 Å². The fourth-order valence-corrected chi connectivity index (χ4v) is 1.61. The maximum absolute atomic E-state index is 13.5. The van der Waals surface area contributed by atoms with Crippen LogP contribution in [0.25, 0.3) is 0 Å². The molecular weight excluding hydrogens is 249 g/mol. The quantitative estimate of drug-likeness (QED) is 0.771. The van der Waals surface area contributed by atoms with E-state index in [0.29, 0.717) is 6.29 Å². The average molecular weight is 267 g/mol. The third-order valence-corrected chi connectivity index (χ3v) is 2.80. The van der Waals surface area contributed by atoms with Crippen LogP contribution in [0.3, 0.4) is 0 Å².